The van der Waals surface area contributed by atoms with E-state index in [-0.39, 0.29) is 10.8 Å². The topological polar surface area (TPSA) is 40.5 Å². The first-order chi connectivity index (χ1) is 8.67. The SMILES string of the molecule is CC1(C)CC(C)(C)CC(C(=O)O)(N2CCCCC2)C1. The lowest BCUT2D eigenvalue weighted by Crippen LogP contribution is -2.62. The lowest BCUT2D eigenvalue weighted by atomic mass is 9.57. The highest BCUT2D eigenvalue weighted by Crippen LogP contribution is 2.52. The Morgan fingerprint density at radius 3 is 1.79 bits per heavy atom. The predicted octanol–water partition coefficient (Wildman–Crippen LogP) is 3.53. The summed E-state index contributed by atoms with van der Waals surface area (Å²) >= 11 is 0. The van der Waals surface area contributed by atoms with E-state index in [1.165, 1.54) is 6.42 Å². The van der Waals surface area contributed by atoms with Crippen LogP contribution in [0, 0.1) is 10.8 Å². The van der Waals surface area contributed by atoms with Crippen LogP contribution in [0.25, 0.3) is 0 Å². The fourth-order valence-corrected chi connectivity index (χ4v) is 4.90. The molecule has 1 aliphatic carbocycles. The fraction of sp³-hybridized carbons (Fsp3) is 0.938. The van der Waals surface area contributed by atoms with Crippen molar-refractivity contribution >= 4 is 5.97 Å². The summed E-state index contributed by atoms with van der Waals surface area (Å²) in [7, 11) is 0. The van der Waals surface area contributed by atoms with Gasteiger partial charge in [-0.1, -0.05) is 34.1 Å². The van der Waals surface area contributed by atoms with Crippen molar-refractivity contribution in [3.63, 3.8) is 0 Å². The fourth-order valence-electron chi connectivity index (χ4n) is 4.90. The van der Waals surface area contributed by atoms with Crippen molar-refractivity contribution in [3.05, 3.63) is 0 Å². The highest BCUT2D eigenvalue weighted by atomic mass is 16.4. The molecule has 1 saturated carbocycles. The van der Waals surface area contributed by atoms with Crippen LogP contribution in [0.2, 0.25) is 0 Å². The molecule has 1 heterocycles. The van der Waals surface area contributed by atoms with E-state index >= 15 is 0 Å². The molecule has 3 heteroatoms. The van der Waals surface area contributed by atoms with Gasteiger partial charge in [-0.15, -0.1) is 0 Å². The van der Waals surface area contributed by atoms with Crippen LogP contribution in [0.4, 0.5) is 0 Å². The Bertz CT molecular complexity index is 338. The molecule has 0 atom stereocenters. The summed E-state index contributed by atoms with van der Waals surface area (Å²) in [6.45, 7) is 10.8. The van der Waals surface area contributed by atoms with Gasteiger partial charge in [0.2, 0.25) is 0 Å². The lowest BCUT2D eigenvalue weighted by molar-refractivity contribution is -0.164. The first-order valence-corrected chi connectivity index (χ1v) is 7.66. The highest BCUT2D eigenvalue weighted by Gasteiger charge is 2.54. The number of carbonyl (C=O) groups is 1. The Kier molecular flexibility index (Phi) is 3.72. The van der Waals surface area contributed by atoms with Crippen molar-refractivity contribution in [3.8, 4) is 0 Å². The molecular formula is C16H29NO2. The third kappa shape index (κ3) is 2.96. The van der Waals surface area contributed by atoms with Crippen LogP contribution in [0.3, 0.4) is 0 Å². The molecule has 1 aliphatic heterocycles. The maximum absolute atomic E-state index is 12.1. The summed E-state index contributed by atoms with van der Waals surface area (Å²) in [5.41, 5.74) is -0.416. The second kappa shape index (κ2) is 4.76. The molecule has 3 nitrogen and oxygen atoms in total. The summed E-state index contributed by atoms with van der Waals surface area (Å²) in [5.74, 6) is -0.602. The van der Waals surface area contributed by atoms with E-state index < -0.39 is 11.5 Å². The zero-order valence-electron chi connectivity index (χ0n) is 13.0. The Morgan fingerprint density at radius 2 is 1.37 bits per heavy atom. The lowest BCUT2D eigenvalue weighted by Gasteiger charge is -2.54. The van der Waals surface area contributed by atoms with Gasteiger partial charge < -0.3 is 5.11 Å². The minimum atomic E-state index is -0.633. The van der Waals surface area contributed by atoms with Gasteiger partial charge in [0, 0.05) is 0 Å². The molecule has 110 valence electrons. The zero-order valence-corrected chi connectivity index (χ0v) is 13.0. The Hall–Kier alpha value is -0.570. The number of rotatable bonds is 2. The summed E-state index contributed by atoms with van der Waals surface area (Å²) < 4.78 is 0. The molecular weight excluding hydrogens is 238 g/mol. The maximum Gasteiger partial charge on any atom is 0.324 e. The molecule has 1 N–H and O–H groups in total. The quantitative estimate of drug-likeness (QED) is 0.832. The summed E-state index contributed by atoms with van der Waals surface area (Å²) in [4.78, 5) is 14.4. The number of carboxylic acids is 1. The van der Waals surface area contributed by atoms with Crippen LogP contribution < -0.4 is 0 Å². The van der Waals surface area contributed by atoms with Crippen LogP contribution in [-0.4, -0.2) is 34.6 Å². The molecule has 0 aromatic carbocycles. The minimum Gasteiger partial charge on any atom is -0.480 e. The van der Waals surface area contributed by atoms with E-state index in [9.17, 15) is 9.90 Å². The van der Waals surface area contributed by atoms with Crippen LogP contribution in [0.1, 0.15) is 66.2 Å². The molecule has 1 saturated heterocycles. The van der Waals surface area contributed by atoms with Crippen molar-refractivity contribution < 1.29 is 9.90 Å². The molecule has 0 spiro atoms. The van der Waals surface area contributed by atoms with Crippen molar-refractivity contribution in [2.75, 3.05) is 13.1 Å². The number of nitrogens with zero attached hydrogens (tertiary/aromatic N) is 1. The van der Waals surface area contributed by atoms with Gasteiger partial charge in [-0.3, -0.25) is 9.69 Å². The van der Waals surface area contributed by atoms with Gasteiger partial charge in [0.1, 0.15) is 5.54 Å². The van der Waals surface area contributed by atoms with E-state index in [4.69, 9.17) is 0 Å². The van der Waals surface area contributed by atoms with E-state index in [0.29, 0.717) is 0 Å². The Labute approximate surface area is 117 Å². The molecule has 2 fully saturated rings. The number of aliphatic carboxylic acids is 1. The number of hydrogen-bond donors (Lipinski definition) is 1. The molecule has 2 rings (SSSR count). The van der Waals surface area contributed by atoms with Crippen LogP contribution in [0.15, 0.2) is 0 Å². The number of hydrogen-bond acceptors (Lipinski definition) is 2. The number of piperidine rings is 1. The van der Waals surface area contributed by atoms with E-state index in [2.05, 4.69) is 32.6 Å². The number of carboxylic acid groups (broad SMARTS) is 1. The van der Waals surface area contributed by atoms with Crippen molar-refractivity contribution in [2.45, 2.75) is 71.8 Å². The van der Waals surface area contributed by atoms with Gasteiger partial charge in [-0.25, -0.2) is 0 Å². The summed E-state index contributed by atoms with van der Waals surface area (Å²) in [5, 5.41) is 9.96. The van der Waals surface area contributed by atoms with Crippen molar-refractivity contribution in [2.24, 2.45) is 10.8 Å². The Balaban J connectivity index is 2.34. The summed E-state index contributed by atoms with van der Waals surface area (Å²) in [6.07, 6.45) is 6.24. The number of likely N-dealkylation sites (tertiary alicyclic amines) is 1. The molecule has 0 radical (unpaired) electrons. The van der Waals surface area contributed by atoms with Crippen molar-refractivity contribution in [1.29, 1.82) is 0 Å². The normalized spacial score (nSPS) is 29.9. The van der Waals surface area contributed by atoms with E-state index in [0.717, 1.165) is 45.2 Å². The molecule has 0 aromatic heterocycles. The van der Waals surface area contributed by atoms with Gasteiger partial charge in [0.25, 0.3) is 0 Å². The van der Waals surface area contributed by atoms with Gasteiger partial charge in [0.15, 0.2) is 0 Å². The summed E-state index contributed by atoms with van der Waals surface area (Å²) in [6, 6.07) is 0. The second-order valence-corrected chi connectivity index (χ2v) is 8.24. The maximum atomic E-state index is 12.1. The molecule has 0 bridgehead atoms. The Morgan fingerprint density at radius 1 is 0.895 bits per heavy atom. The average molecular weight is 267 g/mol. The third-order valence-electron chi connectivity index (χ3n) is 4.86. The monoisotopic (exact) mass is 267 g/mol. The molecule has 0 unspecified atom stereocenters. The third-order valence-corrected chi connectivity index (χ3v) is 4.86. The van der Waals surface area contributed by atoms with Gasteiger partial charge >= 0.3 is 5.97 Å². The zero-order chi connectivity index (χ0) is 14.3. The standard InChI is InChI=1S/C16H29NO2/c1-14(2)10-15(3,4)12-16(11-14,13(18)19)17-8-6-5-7-9-17/h5-12H2,1-4H3,(H,18,19). The molecule has 2 aliphatic rings. The highest BCUT2D eigenvalue weighted by molar-refractivity contribution is 5.79. The predicted molar refractivity (Wildman–Crippen MR) is 77.2 cm³/mol. The molecule has 19 heavy (non-hydrogen) atoms. The van der Waals surface area contributed by atoms with Crippen LogP contribution in [0.5, 0.6) is 0 Å². The first kappa shape index (κ1) is 14.8. The van der Waals surface area contributed by atoms with Crippen molar-refractivity contribution in [1.82, 2.24) is 4.90 Å². The van der Waals surface area contributed by atoms with Crippen LogP contribution >= 0.6 is 0 Å². The first-order valence-electron chi connectivity index (χ1n) is 7.66. The minimum absolute atomic E-state index is 0.109. The largest absolute Gasteiger partial charge is 0.480 e. The molecule has 0 aromatic rings. The molecule has 0 amide bonds. The second-order valence-electron chi connectivity index (χ2n) is 8.24. The van der Waals surface area contributed by atoms with E-state index in [1.807, 2.05) is 0 Å². The van der Waals surface area contributed by atoms with Gasteiger partial charge in [-0.2, -0.15) is 0 Å². The van der Waals surface area contributed by atoms with Crippen LogP contribution in [-0.2, 0) is 4.79 Å². The average Bonchev–Trinajstić information content (AvgIpc) is 2.25. The van der Waals surface area contributed by atoms with Gasteiger partial charge in [0.05, 0.1) is 0 Å². The van der Waals surface area contributed by atoms with E-state index in [1.54, 1.807) is 0 Å². The van der Waals surface area contributed by atoms with Gasteiger partial charge in [-0.05, 0) is 56.0 Å². The smallest absolute Gasteiger partial charge is 0.324 e.